The smallest absolute Gasteiger partial charge is 0.306 e. The Morgan fingerprint density at radius 2 is 0.574 bits per heavy atom. The fourth-order valence-electron chi connectivity index (χ4n) is 7.66. The van der Waals surface area contributed by atoms with Gasteiger partial charge in [0.15, 0.2) is 6.10 Å². The molecule has 0 radical (unpaired) electrons. The van der Waals surface area contributed by atoms with Gasteiger partial charge in [0.05, 0.1) is 0 Å². The van der Waals surface area contributed by atoms with Crippen molar-refractivity contribution in [2.24, 2.45) is 0 Å². The highest BCUT2D eigenvalue weighted by Crippen LogP contribution is 2.15. The first-order valence-corrected chi connectivity index (χ1v) is 28.2. The van der Waals surface area contributed by atoms with E-state index < -0.39 is 6.10 Å². The van der Waals surface area contributed by atoms with Crippen molar-refractivity contribution in [3.05, 3.63) is 97.2 Å². The van der Waals surface area contributed by atoms with Crippen molar-refractivity contribution in [2.75, 3.05) is 13.2 Å². The molecule has 0 aliphatic rings. The molecule has 0 amide bonds. The zero-order valence-electron chi connectivity index (χ0n) is 44.3. The maximum atomic E-state index is 12.8. The van der Waals surface area contributed by atoms with Crippen LogP contribution in [0.4, 0.5) is 0 Å². The third kappa shape index (κ3) is 53.3. The molecule has 6 heteroatoms. The highest BCUT2D eigenvalue weighted by molar-refractivity contribution is 5.71. The van der Waals surface area contributed by atoms with E-state index in [0.717, 1.165) is 122 Å². The minimum atomic E-state index is -0.789. The van der Waals surface area contributed by atoms with Gasteiger partial charge in [-0.25, -0.2) is 0 Å². The molecule has 1 unspecified atom stereocenters. The first-order chi connectivity index (χ1) is 33.5. The lowest BCUT2D eigenvalue weighted by molar-refractivity contribution is -0.167. The Hall–Kier alpha value is -3.67. The second-order valence-corrected chi connectivity index (χ2v) is 18.4. The number of ether oxygens (including phenoxy) is 3. The van der Waals surface area contributed by atoms with Crippen LogP contribution in [0.15, 0.2) is 97.2 Å². The first-order valence-electron chi connectivity index (χ1n) is 28.2. The molecular formula is C62H104O6. The van der Waals surface area contributed by atoms with E-state index in [9.17, 15) is 14.4 Å². The van der Waals surface area contributed by atoms with E-state index in [2.05, 4.69) is 118 Å². The Balaban J connectivity index is 4.24. The number of rotatable bonds is 50. The molecule has 0 fully saturated rings. The third-order valence-corrected chi connectivity index (χ3v) is 11.8. The van der Waals surface area contributed by atoms with E-state index in [4.69, 9.17) is 14.2 Å². The zero-order chi connectivity index (χ0) is 49.3. The predicted octanol–water partition coefficient (Wildman–Crippen LogP) is 18.9. The summed E-state index contributed by atoms with van der Waals surface area (Å²) >= 11 is 0. The Labute approximate surface area is 419 Å². The van der Waals surface area contributed by atoms with Gasteiger partial charge < -0.3 is 14.2 Å². The number of hydrogen-bond donors (Lipinski definition) is 0. The average Bonchev–Trinajstić information content (AvgIpc) is 3.34. The van der Waals surface area contributed by atoms with Crippen LogP contribution < -0.4 is 0 Å². The van der Waals surface area contributed by atoms with Gasteiger partial charge in [-0.15, -0.1) is 0 Å². The standard InChI is InChI=1S/C62H104O6/c1-4-7-10-13-16-19-21-23-25-27-28-29-30-31-32-33-34-36-37-39-41-43-46-49-52-55-61(64)67-58-59(57-66-60(63)54-51-48-45-18-15-12-9-6-3)68-62(65)56-53-50-47-44-42-40-38-35-26-24-22-20-17-14-11-8-5-2/h7-8,10-11,16-17,19-20,23-26,28-29,38,40,59H,4-6,9,12-15,18,21-22,27,30-37,39,41-58H2,1-3H3/b10-7-,11-8-,19-16-,20-17-,25-23-,26-24-,29-28-,40-38-. The molecule has 0 N–H and O–H groups in total. The van der Waals surface area contributed by atoms with Crippen molar-refractivity contribution in [1.29, 1.82) is 0 Å². The second kappa shape index (κ2) is 55.9. The largest absolute Gasteiger partial charge is 0.462 e. The average molecular weight is 946 g/mol. The van der Waals surface area contributed by atoms with Gasteiger partial charge in [0.25, 0.3) is 0 Å². The van der Waals surface area contributed by atoms with E-state index in [1.165, 1.54) is 96.3 Å². The lowest BCUT2D eigenvalue weighted by Gasteiger charge is -2.18. The molecule has 388 valence electrons. The number of allylic oxidation sites excluding steroid dienone is 16. The van der Waals surface area contributed by atoms with Gasteiger partial charge in [-0.2, -0.15) is 0 Å². The van der Waals surface area contributed by atoms with Gasteiger partial charge in [-0.3, -0.25) is 14.4 Å². The fraction of sp³-hybridized carbons (Fsp3) is 0.694. The van der Waals surface area contributed by atoms with Crippen LogP contribution >= 0.6 is 0 Å². The normalized spacial score (nSPS) is 12.8. The maximum Gasteiger partial charge on any atom is 0.306 e. The summed E-state index contributed by atoms with van der Waals surface area (Å²) in [7, 11) is 0. The SMILES string of the molecule is CC/C=C\C/C=C\C/C=C\C/C=C\CCCCCCCCCCCCCCC(=O)OCC(COC(=O)CCCCCCCCCC)OC(=O)CCCCCC/C=C\C/C=C\C/C=C\C/C=C\CC. The monoisotopic (exact) mass is 945 g/mol. The Morgan fingerprint density at radius 1 is 0.309 bits per heavy atom. The maximum absolute atomic E-state index is 12.8. The predicted molar refractivity (Wildman–Crippen MR) is 293 cm³/mol. The molecule has 0 aromatic carbocycles. The van der Waals surface area contributed by atoms with Crippen molar-refractivity contribution in [3.63, 3.8) is 0 Å². The van der Waals surface area contributed by atoms with Crippen LogP contribution in [0, 0.1) is 0 Å². The van der Waals surface area contributed by atoms with Crippen LogP contribution in [0.1, 0.15) is 258 Å². The van der Waals surface area contributed by atoms with E-state index in [1.54, 1.807) is 0 Å². The first kappa shape index (κ1) is 64.3. The van der Waals surface area contributed by atoms with E-state index in [-0.39, 0.29) is 31.1 Å². The summed E-state index contributed by atoms with van der Waals surface area (Å²) in [5.74, 6) is -0.915. The number of carbonyl (C=O) groups excluding carboxylic acids is 3. The summed E-state index contributed by atoms with van der Waals surface area (Å²) in [5.41, 5.74) is 0. The summed E-state index contributed by atoms with van der Waals surface area (Å²) in [6.45, 7) is 6.37. The topological polar surface area (TPSA) is 78.9 Å². The molecule has 0 aliphatic heterocycles. The molecule has 0 heterocycles. The van der Waals surface area contributed by atoms with Crippen LogP contribution in [0.3, 0.4) is 0 Å². The summed E-state index contributed by atoms with van der Waals surface area (Å²) in [5, 5.41) is 0. The van der Waals surface area contributed by atoms with Crippen molar-refractivity contribution in [2.45, 2.75) is 264 Å². The number of hydrogen-bond acceptors (Lipinski definition) is 6. The number of esters is 3. The molecule has 0 saturated heterocycles. The molecular weight excluding hydrogens is 841 g/mol. The molecule has 6 nitrogen and oxygen atoms in total. The van der Waals surface area contributed by atoms with Crippen LogP contribution in [-0.2, 0) is 28.6 Å². The lowest BCUT2D eigenvalue weighted by atomic mass is 10.0. The molecule has 1 atom stereocenters. The summed E-state index contributed by atoms with van der Waals surface area (Å²) in [6.07, 6.45) is 74.1. The third-order valence-electron chi connectivity index (χ3n) is 11.8. The van der Waals surface area contributed by atoms with Crippen LogP contribution in [0.2, 0.25) is 0 Å². The molecule has 0 aliphatic carbocycles. The Bertz CT molecular complexity index is 1360. The van der Waals surface area contributed by atoms with Gasteiger partial charge >= 0.3 is 17.9 Å². The van der Waals surface area contributed by atoms with Crippen LogP contribution in [0.25, 0.3) is 0 Å². The van der Waals surface area contributed by atoms with Crippen molar-refractivity contribution >= 4 is 17.9 Å². The van der Waals surface area contributed by atoms with Gasteiger partial charge in [0.1, 0.15) is 13.2 Å². The quantitative estimate of drug-likeness (QED) is 0.0262. The van der Waals surface area contributed by atoms with Crippen LogP contribution in [-0.4, -0.2) is 37.2 Å². The van der Waals surface area contributed by atoms with Gasteiger partial charge in [-0.1, -0.05) is 240 Å². The zero-order valence-corrected chi connectivity index (χ0v) is 44.3. The van der Waals surface area contributed by atoms with Crippen molar-refractivity contribution in [1.82, 2.24) is 0 Å². The Kier molecular flexibility index (Phi) is 52.9. The van der Waals surface area contributed by atoms with Crippen molar-refractivity contribution < 1.29 is 28.6 Å². The molecule has 0 rings (SSSR count). The number of unbranched alkanes of at least 4 members (excludes halogenated alkanes) is 23. The molecule has 68 heavy (non-hydrogen) atoms. The molecule has 0 saturated carbocycles. The van der Waals surface area contributed by atoms with Gasteiger partial charge in [-0.05, 0) is 96.3 Å². The molecule has 0 aromatic rings. The Morgan fingerprint density at radius 3 is 0.897 bits per heavy atom. The molecule has 0 aromatic heterocycles. The van der Waals surface area contributed by atoms with Crippen LogP contribution in [0.5, 0.6) is 0 Å². The molecule has 0 spiro atoms. The number of carbonyl (C=O) groups is 3. The van der Waals surface area contributed by atoms with E-state index >= 15 is 0 Å². The molecule has 0 bridgehead atoms. The fourth-order valence-corrected chi connectivity index (χ4v) is 7.66. The highest BCUT2D eigenvalue weighted by atomic mass is 16.6. The van der Waals surface area contributed by atoms with Gasteiger partial charge in [0.2, 0.25) is 0 Å². The highest BCUT2D eigenvalue weighted by Gasteiger charge is 2.19. The minimum Gasteiger partial charge on any atom is -0.462 e. The minimum absolute atomic E-state index is 0.0869. The summed E-state index contributed by atoms with van der Waals surface area (Å²) in [6, 6.07) is 0. The summed E-state index contributed by atoms with van der Waals surface area (Å²) < 4.78 is 16.8. The second-order valence-electron chi connectivity index (χ2n) is 18.4. The van der Waals surface area contributed by atoms with Crippen molar-refractivity contribution in [3.8, 4) is 0 Å². The van der Waals surface area contributed by atoms with E-state index in [0.29, 0.717) is 19.3 Å². The van der Waals surface area contributed by atoms with E-state index in [1.807, 2.05) is 0 Å². The lowest BCUT2D eigenvalue weighted by Crippen LogP contribution is -2.30. The summed E-state index contributed by atoms with van der Waals surface area (Å²) in [4.78, 5) is 38.0. The van der Waals surface area contributed by atoms with Gasteiger partial charge in [0, 0.05) is 19.3 Å².